The number of benzene rings is 2. The lowest BCUT2D eigenvalue weighted by Gasteiger charge is -2.21. The first-order valence-corrected chi connectivity index (χ1v) is 11.3. The minimum absolute atomic E-state index is 0.283. The number of carbonyl (C=O) groups is 1. The molecule has 3 N–H and O–H groups in total. The molecule has 7 nitrogen and oxygen atoms in total. The van der Waals surface area contributed by atoms with Gasteiger partial charge in [-0.3, -0.25) is 4.79 Å². The first kappa shape index (κ1) is 24.4. The number of pyridine rings is 2. The summed E-state index contributed by atoms with van der Waals surface area (Å²) in [4.78, 5) is 21.7. The van der Waals surface area contributed by atoms with Gasteiger partial charge < -0.3 is 15.8 Å². The van der Waals surface area contributed by atoms with Crippen molar-refractivity contribution < 1.29 is 13.9 Å². The van der Waals surface area contributed by atoms with E-state index in [1.807, 2.05) is 18.2 Å². The van der Waals surface area contributed by atoms with Crippen LogP contribution in [0.25, 0.3) is 11.3 Å². The third-order valence-corrected chi connectivity index (χ3v) is 5.75. The van der Waals surface area contributed by atoms with Crippen LogP contribution in [0.2, 0.25) is 0 Å². The molecule has 2 aromatic heterocycles. The molecule has 0 aliphatic heterocycles. The maximum Gasteiger partial charge on any atom is 0.229 e. The SMILES string of the molecule is COc1ncccc1C(C(N)=O)c1ccc(-c2ccccc2C#N)nc1NCCc1cccc(F)c1. The quantitative estimate of drug-likeness (QED) is 0.365. The summed E-state index contributed by atoms with van der Waals surface area (Å²) in [6, 6.07) is 22.6. The molecular weight excluding hydrogens is 457 g/mol. The highest BCUT2D eigenvalue weighted by atomic mass is 19.1. The second-order valence-corrected chi connectivity index (χ2v) is 8.04. The van der Waals surface area contributed by atoms with E-state index in [9.17, 15) is 14.4 Å². The number of nitrogens with one attached hydrogen (secondary N) is 1. The van der Waals surface area contributed by atoms with Crippen molar-refractivity contribution in [1.29, 1.82) is 5.26 Å². The molecule has 0 spiro atoms. The second-order valence-electron chi connectivity index (χ2n) is 8.04. The molecule has 36 heavy (non-hydrogen) atoms. The van der Waals surface area contributed by atoms with Gasteiger partial charge in [-0.25, -0.2) is 14.4 Å². The Morgan fingerprint density at radius 3 is 2.69 bits per heavy atom. The summed E-state index contributed by atoms with van der Waals surface area (Å²) in [6.45, 7) is 0.419. The summed E-state index contributed by atoms with van der Waals surface area (Å²) in [6.07, 6.45) is 2.09. The number of ether oxygens (including phenoxy) is 1. The van der Waals surface area contributed by atoms with Gasteiger partial charge in [0, 0.05) is 29.4 Å². The number of amides is 1. The lowest BCUT2D eigenvalue weighted by molar-refractivity contribution is -0.118. The van der Waals surface area contributed by atoms with Crippen LogP contribution in [-0.4, -0.2) is 29.5 Å². The summed E-state index contributed by atoms with van der Waals surface area (Å²) < 4.78 is 19.0. The number of hydrogen-bond donors (Lipinski definition) is 2. The fraction of sp³-hybridized carbons (Fsp3) is 0.143. The van der Waals surface area contributed by atoms with E-state index in [0.29, 0.717) is 46.7 Å². The Morgan fingerprint density at radius 1 is 1.11 bits per heavy atom. The van der Waals surface area contributed by atoms with Crippen molar-refractivity contribution in [3.63, 3.8) is 0 Å². The number of anilines is 1. The summed E-state index contributed by atoms with van der Waals surface area (Å²) in [5.74, 6) is -1.09. The molecule has 0 aliphatic carbocycles. The maximum atomic E-state index is 13.6. The van der Waals surface area contributed by atoms with Crippen LogP contribution in [0.4, 0.5) is 10.2 Å². The van der Waals surface area contributed by atoms with E-state index in [0.717, 1.165) is 5.56 Å². The molecule has 0 saturated heterocycles. The van der Waals surface area contributed by atoms with Gasteiger partial charge >= 0.3 is 0 Å². The number of rotatable bonds is 9. The van der Waals surface area contributed by atoms with Crippen molar-refractivity contribution >= 4 is 11.7 Å². The largest absolute Gasteiger partial charge is 0.481 e. The lowest BCUT2D eigenvalue weighted by Crippen LogP contribution is -2.25. The van der Waals surface area contributed by atoms with Gasteiger partial charge in [0.05, 0.1) is 30.4 Å². The molecule has 2 heterocycles. The van der Waals surface area contributed by atoms with Crippen LogP contribution in [0.5, 0.6) is 5.88 Å². The Bertz CT molecular complexity index is 1430. The van der Waals surface area contributed by atoms with Crippen LogP contribution < -0.4 is 15.8 Å². The first-order chi connectivity index (χ1) is 17.5. The van der Waals surface area contributed by atoms with Crippen molar-refractivity contribution in [2.24, 2.45) is 5.73 Å². The molecule has 1 atom stereocenters. The van der Waals surface area contributed by atoms with Gasteiger partial charge in [-0.15, -0.1) is 0 Å². The molecule has 0 bridgehead atoms. The Kier molecular flexibility index (Phi) is 7.51. The summed E-state index contributed by atoms with van der Waals surface area (Å²) in [5, 5.41) is 12.8. The van der Waals surface area contributed by atoms with Crippen molar-refractivity contribution in [2.45, 2.75) is 12.3 Å². The third kappa shape index (κ3) is 5.31. The molecule has 0 fully saturated rings. The molecule has 180 valence electrons. The molecule has 4 aromatic rings. The molecule has 0 aliphatic rings. The molecule has 8 heteroatoms. The first-order valence-electron chi connectivity index (χ1n) is 11.3. The van der Waals surface area contributed by atoms with Gasteiger partial charge in [0.1, 0.15) is 11.6 Å². The molecular formula is C28H24FN5O2. The van der Waals surface area contributed by atoms with Crippen LogP contribution in [0.15, 0.2) is 79.0 Å². The fourth-order valence-corrected chi connectivity index (χ4v) is 4.08. The Balaban J connectivity index is 1.78. The number of methoxy groups -OCH3 is 1. The predicted octanol–water partition coefficient (Wildman–Crippen LogP) is 4.43. The number of aromatic nitrogens is 2. The molecule has 1 amide bonds. The number of nitrogens with two attached hydrogens (primary N) is 1. The second kappa shape index (κ2) is 11.1. The summed E-state index contributed by atoms with van der Waals surface area (Å²) in [7, 11) is 1.47. The van der Waals surface area contributed by atoms with Gasteiger partial charge in [-0.1, -0.05) is 42.5 Å². The van der Waals surface area contributed by atoms with Gasteiger partial charge in [0.2, 0.25) is 11.8 Å². The average Bonchev–Trinajstić information content (AvgIpc) is 2.89. The molecule has 0 radical (unpaired) electrons. The molecule has 2 aromatic carbocycles. The molecule has 1 unspecified atom stereocenters. The summed E-state index contributed by atoms with van der Waals surface area (Å²) >= 11 is 0. The Labute approximate surface area is 208 Å². The van der Waals surface area contributed by atoms with Crippen molar-refractivity contribution in [1.82, 2.24) is 9.97 Å². The maximum absolute atomic E-state index is 13.6. The number of nitriles is 1. The van der Waals surface area contributed by atoms with Crippen LogP contribution in [-0.2, 0) is 11.2 Å². The normalized spacial score (nSPS) is 11.4. The summed E-state index contributed by atoms with van der Waals surface area (Å²) in [5.41, 5.74) is 9.42. The monoisotopic (exact) mass is 481 g/mol. The Morgan fingerprint density at radius 2 is 1.94 bits per heavy atom. The number of hydrogen-bond acceptors (Lipinski definition) is 6. The van der Waals surface area contributed by atoms with Crippen LogP contribution >= 0.6 is 0 Å². The van der Waals surface area contributed by atoms with E-state index in [4.69, 9.17) is 15.5 Å². The fourth-order valence-electron chi connectivity index (χ4n) is 4.08. The van der Waals surface area contributed by atoms with Gasteiger partial charge in [0.25, 0.3) is 0 Å². The molecule has 4 rings (SSSR count). The highest BCUT2D eigenvalue weighted by Crippen LogP contribution is 2.35. The van der Waals surface area contributed by atoms with Crippen LogP contribution in [0, 0.1) is 17.1 Å². The van der Waals surface area contributed by atoms with Gasteiger partial charge in [-0.2, -0.15) is 5.26 Å². The van der Waals surface area contributed by atoms with Gasteiger partial charge in [-0.05, 0) is 42.3 Å². The number of primary amides is 1. The smallest absolute Gasteiger partial charge is 0.229 e. The minimum atomic E-state index is -0.891. The van der Waals surface area contributed by atoms with E-state index in [2.05, 4.69) is 16.4 Å². The zero-order chi connectivity index (χ0) is 25.5. The lowest BCUT2D eigenvalue weighted by atomic mass is 9.90. The highest BCUT2D eigenvalue weighted by Gasteiger charge is 2.28. The van der Waals surface area contributed by atoms with E-state index in [-0.39, 0.29) is 11.7 Å². The van der Waals surface area contributed by atoms with Gasteiger partial charge in [0.15, 0.2) is 0 Å². The number of halogens is 1. The van der Waals surface area contributed by atoms with Crippen LogP contribution in [0.1, 0.15) is 28.2 Å². The molecule has 0 saturated carbocycles. The van der Waals surface area contributed by atoms with E-state index < -0.39 is 11.8 Å². The van der Waals surface area contributed by atoms with Crippen LogP contribution in [0.3, 0.4) is 0 Å². The van der Waals surface area contributed by atoms with Crippen molar-refractivity contribution in [2.75, 3.05) is 19.0 Å². The zero-order valence-electron chi connectivity index (χ0n) is 19.6. The number of carbonyl (C=O) groups excluding carboxylic acids is 1. The Hall–Kier alpha value is -4.77. The standard InChI is InChI=1S/C28H24FN5O2/c1-36-28-23(10-5-14-33-28)25(26(31)35)22-11-12-24(21-9-3-2-7-19(21)17-30)34-27(22)32-15-13-18-6-4-8-20(29)16-18/h2-12,14,16,25H,13,15H2,1H3,(H2,31,35)(H,32,34). The average molecular weight is 482 g/mol. The predicted molar refractivity (Wildman–Crippen MR) is 135 cm³/mol. The topological polar surface area (TPSA) is 114 Å². The van der Waals surface area contributed by atoms with E-state index in [1.165, 1.54) is 19.2 Å². The van der Waals surface area contributed by atoms with Crippen molar-refractivity contribution in [3.05, 3.63) is 107 Å². The minimum Gasteiger partial charge on any atom is -0.481 e. The number of nitrogens with zero attached hydrogens (tertiary/aromatic N) is 3. The van der Waals surface area contributed by atoms with E-state index in [1.54, 1.807) is 48.7 Å². The third-order valence-electron chi connectivity index (χ3n) is 5.75. The van der Waals surface area contributed by atoms with Crippen molar-refractivity contribution in [3.8, 4) is 23.2 Å². The highest BCUT2D eigenvalue weighted by molar-refractivity contribution is 5.88. The zero-order valence-corrected chi connectivity index (χ0v) is 19.6. The van der Waals surface area contributed by atoms with E-state index >= 15 is 0 Å².